The maximum Gasteiger partial charge on any atom is 0.326 e. The summed E-state index contributed by atoms with van der Waals surface area (Å²) in [5, 5.41) is 13.5. The molecule has 0 radical (unpaired) electrons. The zero-order valence-corrected chi connectivity index (χ0v) is 16.5. The number of carbonyl (C=O) groups is 2. The van der Waals surface area contributed by atoms with Crippen LogP contribution < -0.4 is 10.2 Å². The maximum atomic E-state index is 13.1. The standard InChI is InChI=1S/C22H22ClN3O3/c23-14-7-9-15(10-8-14)24-22(29)25-11-18-20(16-3-1-2-4-17(16)25)19(12-27)26(18)21(28)13-5-6-13/h1-4,7-10,13,18-20,27H,5-6,11-12H2,(H,24,29)/t18-,19-,20+/m1/s1. The van der Waals surface area contributed by atoms with Gasteiger partial charge in [-0.25, -0.2) is 4.79 Å². The van der Waals surface area contributed by atoms with Crippen molar-refractivity contribution in [1.82, 2.24) is 4.90 Å². The molecule has 7 heteroatoms. The molecule has 3 amide bonds. The number of fused-ring (bicyclic) bond motifs is 3. The molecule has 2 N–H and O–H groups in total. The first-order chi connectivity index (χ1) is 14.1. The van der Waals surface area contributed by atoms with E-state index in [0.29, 0.717) is 17.3 Å². The number of anilines is 2. The Bertz CT molecular complexity index is 960. The smallest absolute Gasteiger partial charge is 0.326 e. The van der Waals surface area contributed by atoms with Gasteiger partial charge in [0.25, 0.3) is 0 Å². The van der Waals surface area contributed by atoms with Crippen molar-refractivity contribution in [1.29, 1.82) is 0 Å². The largest absolute Gasteiger partial charge is 0.394 e. The number of aliphatic hydroxyl groups excluding tert-OH is 1. The van der Waals surface area contributed by atoms with E-state index in [-0.39, 0.29) is 42.5 Å². The number of amides is 3. The van der Waals surface area contributed by atoms with E-state index in [4.69, 9.17) is 11.6 Å². The molecule has 1 saturated heterocycles. The number of para-hydroxylation sites is 1. The summed E-state index contributed by atoms with van der Waals surface area (Å²) in [6, 6.07) is 14.2. The van der Waals surface area contributed by atoms with Gasteiger partial charge in [-0.1, -0.05) is 29.8 Å². The highest BCUT2D eigenvalue weighted by Crippen LogP contribution is 2.50. The number of aliphatic hydroxyl groups is 1. The van der Waals surface area contributed by atoms with E-state index in [0.717, 1.165) is 24.1 Å². The van der Waals surface area contributed by atoms with Gasteiger partial charge in [0.05, 0.1) is 18.7 Å². The molecular weight excluding hydrogens is 390 g/mol. The van der Waals surface area contributed by atoms with Crippen molar-refractivity contribution >= 4 is 34.9 Å². The van der Waals surface area contributed by atoms with E-state index >= 15 is 0 Å². The number of carbonyl (C=O) groups excluding carboxylic acids is 2. The molecule has 2 heterocycles. The number of nitrogens with zero attached hydrogens (tertiary/aromatic N) is 2. The number of likely N-dealkylation sites (tertiary alicyclic amines) is 1. The molecule has 6 nitrogen and oxygen atoms in total. The molecule has 2 aromatic rings. The number of benzene rings is 2. The van der Waals surface area contributed by atoms with E-state index < -0.39 is 0 Å². The average molecular weight is 412 g/mol. The summed E-state index contributed by atoms with van der Waals surface area (Å²) >= 11 is 5.93. The molecule has 29 heavy (non-hydrogen) atoms. The van der Waals surface area contributed by atoms with Gasteiger partial charge >= 0.3 is 6.03 Å². The third-order valence-corrected chi connectivity index (χ3v) is 6.46. The summed E-state index contributed by atoms with van der Waals surface area (Å²) in [6.45, 7) is 0.348. The van der Waals surface area contributed by atoms with Gasteiger partial charge in [-0.2, -0.15) is 0 Å². The topological polar surface area (TPSA) is 72.9 Å². The quantitative estimate of drug-likeness (QED) is 0.812. The van der Waals surface area contributed by atoms with Crippen molar-refractivity contribution in [2.45, 2.75) is 30.8 Å². The fourth-order valence-corrected chi connectivity index (χ4v) is 4.78. The first-order valence-electron chi connectivity index (χ1n) is 9.94. The van der Waals surface area contributed by atoms with Crippen molar-refractivity contribution < 1.29 is 14.7 Å². The van der Waals surface area contributed by atoms with Crippen LogP contribution in [0.4, 0.5) is 16.2 Å². The molecule has 1 aliphatic carbocycles. The van der Waals surface area contributed by atoms with Crippen LogP contribution >= 0.6 is 11.6 Å². The zero-order chi connectivity index (χ0) is 20.1. The fourth-order valence-electron chi connectivity index (χ4n) is 4.65. The van der Waals surface area contributed by atoms with E-state index in [1.54, 1.807) is 29.2 Å². The van der Waals surface area contributed by atoms with E-state index in [9.17, 15) is 14.7 Å². The van der Waals surface area contributed by atoms with E-state index in [1.165, 1.54) is 0 Å². The van der Waals surface area contributed by atoms with Crippen LogP contribution in [0.3, 0.4) is 0 Å². The number of nitrogens with one attached hydrogen (secondary N) is 1. The predicted octanol–water partition coefficient (Wildman–Crippen LogP) is 3.46. The molecule has 0 aromatic heterocycles. The Balaban J connectivity index is 1.45. The van der Waals surface area contributed by atoms with Gasteiger partial charge in [-0.05, 0) is 48.7 Å². The van der Waals surface area contributed by atoms with Crippen molar-refractivity contribution in [3.63, 3.8) is 0 Å². The zero-order valence-electron chi connectivity index (χ0n) is 15.8. The summed E-state index contributed by atoms with van der Waals surface area (Å²) in [7, 11) is 0. The number of halogens is 1. The van der Waals surface area contributed by atoms with E-state index in [1.807, 2.05) is 29.2 Å². The normalized spacial score (nSPS) is 25.0. The third-order valence-electron chi connectivity index (χ3n) is 6.21. The highest BCUT2D eigenvalue weighted by atomic mass is 35.5. The van der Waals surface area contributed by atoms with Crippen LogP contribution in [0, 0.1) is 5.92 Å². The lowest BCUT2D eigenvalue weighted by atomic mass is 9.71. The Hall–Kier alpha value is -2.57. The molecule has 1 saturated carbocycles. The molecule has 0 bridgehead atoms. The van der Waals surface area contributed by atoms with Gasteiger partial charge in [0.1, 0.15) is 0 Å². The number of rotatable bonds is 3. The van der Waals surface area contributed by atoms with Crippen molar-refractivity contribution in [2.75, 3.05) is 23.4 Å². The lowest BCUT2D eigenvalue weighted by molar-refractivity contribution is -0.151. The SMILES string of the molecule is O=C(Nc1ccc(Cl)cc1)N1C[C@@H]2[C@H](c3ccccc31)[C@@H](CO)N2C(=O)C1CC1. The van der Waals surface area contributed by atoms with Gasteiger partial charge in [-0.15, -0.1) is 0 Å². The summed E-state index contributed by atoms with van der Waals surface area (Å²) in [5.74, 6) is 0.250. The molecule has 2 aromatic carbocycles. The monoisotopic (exact) mass is 411 g/mol. The highest BCUT2D eigenvalue weighted by molar-refractivity contribution is 6.30. The molecule has 0 unspecified atom stereocenters. The minimum atomic E-state index is -0.246. The molecule has 0 spiro atoms. The molecule has 5 rings (SSSR count). The maximum absolute atomic E-state index is 13.1. The summed E-state index contributed by atoms with van der Waals surface area (Å²) in [5.41, 5.74) is 2.50. The second-order valence-corrected chi connectivity index (χ2v) is 8.41. The third kappa shape index (κ3) is 3.07. The van der Waals surface area contributed by atoms with Gasteiger partial charge in [0.15, 0.2) is 0 Å². The lowest BCUT2D eigenvalue weighted by Crippen LogP contribution is -2.71. The summed E-state index contributed by atoms with van der Waals surface area (Å²) < 4.78 is 0. The number of hydrogen-bond acceptors (Lipinski definition) is 3. The first kappa shape index (κ1) is 18.5. The van der Waals surface area contributed by atoms with Gasteiger partial charge in [-0.3, -0.25) is 9.69 Å². The first-order valence-corrected chi connectivity index (χ1v) is 10.3. The van der Waals surface area contributed by atoms with E-state index in [2.05, 4.69) is 5.32 Å². The second-order valence-electron chi connectivity index (χ2n) is 7.97. The predicted molar refractivity (Wildman–Crippen MR) is 111 cm³/mol. The van der Waals surface area contributed by atoms with Crippen LogP contribution in [0.15, 0.2) is 48.5 Å². The van der Waals surface area contributed by atoms with Crippen LogP contribution in [0.2, 0.25) is 5.02 Å². The molecule has 2 fully saturated rings. The summed E-state index contributed by atoms with van der Waals surface area (Å²) in [6.07, 6.45) is 1.84. The van der Waals surface area contributed by atoms with Crippen LogP contribution in [-0.2, 0) is 4.79 Å². The molecule has 3 aliphatic rings. The number of hydrogen-bond donors (Lipinski definition) is 2. The van der Waals surface area contributed by atoms with Crippen LogP contribution in [-0.4, -0.2) is 47.2 Å². The Morgan fingerprint density at radius 3 is 2.52 bits per heavy atom. The Kier molecular flexibility index (Phi) is 4.48. The van der Waals surface area contributed by atoms with Gasteiger partial charge < -0.3 is 15.3 Å². The number of urea groups is 1. The fraction of sp³-hybridized carbons (Fsp3) is 0.364. The molecule has 150 valence electrons. The van der Waals surface area contributed by atoms with Gasteiger partial charge in [0.2, 0.25) is 5.91 Å². The average Bonchev–Trinajstić information content (AvgIpc) is 3.55. The Morgan fingerprint density at radius 2 is 1.83 bits per heavy atom. The van der Waals surface area contributed by atoms with Crippen molar-refractivity contribution in [3.8, 4) is 0 Å². The van der Waals surface area contributed by atoms with Gasteiger partial charge in [0, 0.05) is 34.8 Å². The Labute approximate surface area is 174 Å². The van der Waals surface area contributed by atoms with Crippen molar-refractivity contribution in [2.24, 2.45) is 5.92 Å². The minimum Gasteiger partial charge on any atom is -0.394 e. The van der Waals surface area contributed by atoms with Crippen LogP contribution in [0.5, 0.6) is 0 Å². The minimum absolute atomic E-state index is 0.0541. The molecular formula is C22H22ClN3O3. The highest BCUT2D eigenvalue weighted by Gasteiger charge is 2.56. The second kappa shape index (κ2) is 7.04. The summed E-state index contributed by atoms with van der Waals surface area (Å²) in [4.78, 5) is 29.4. The van der Waals surface area contributed by atoms with Crippen LogP contribution in [0.1, 0.15) is 24.3 Å². The molecule has 2 aliphatic heterocycles. The lowest BCUT2D eigenvalue weighted by Gasteiger charge is -2.59. The molecule has 3 atom stereocenters. The van der Waals surface area contributed by atoms with Crippen molar-refractivity contribution in [3.05, 3.63) is 59.1 Å². The van der Waals surface area contributed by atoms with Crippen LogP contribution in [0.25, 0.3) is 0 Å². The Morgan fingerprint density at radius 1 is 1.10 bits per heavy atom.